The summed E-state index contributed by atoms with van der Waals surface area (Å²) in [5.41, 5.74) is 0.370. The third-order valence-electron chi connectivity index (χ3n) is 4.63. The molecule has 2 N–H and O–H groups in total. The number of aromatic nitrogens is 1. The smallest absolute Gasteiger partial charge is 0.416 e. The summed E-state index contributed by atoms with van der Waals surface area (Å²) >= 11 is 0. The molecule has 1 aromatic heterocycles. The number of rotatable bonds is 4. The monoisotopic (exact) mass is 393 g/mol. The Morgan fingerprint density at radius 3 is 2.54 bits per heavy atom. The van der Waals surface area contributed by atoms with Gasteiger partial charge in [0.15, 0.2) is 0 Å². The van der Waals surface area contributed by atoms with E-state index in [9.17, 15) is 18.0 Å². The van der Waals surface area contributed by atoms with Gasteiger partial charge in [0.2, 0.25) is 5.88 Å². The molecule has 2 amide bonds. The van der Waals surface area contributed by atoms with Gasteiger partial charge in [-0.3, -0.25) is 0 Å². The molecule has 150 valence electrons. The van der Waals surface area contributed by atoms with Crippen LogP contribution in [0.4, 0.5) is 23.7 Å². The van der Waals surface area contributed by atoms with E-state index in [-0.39, 0.29) is 17.8 Å². The van der Waals surface area contributed by atoms with E-state index in [1.165, 1.54) is 12.1 Å². The SMILES string of the molecule is Cc1ccc(OC2CCC(NC(=O)Nc3cccc(C(F)(F)F)c3)CC2)nc1. The van der Waals surface area contributed by atoms with Gasteiger partial charge in [-0.25, -0.2) is 9.78 Å². The molecule has 1 fully saturated rings. The van der Waals surface area contributed by atoms with Crippen molar-refractivity contribution in [3.63, 3.8) is 0 Å². The Balaban J connectivity index is 1.45. The Kier molecular flexibility index (Phi) is 6.06. The average molecular weight is 393 g/mol. The lowest BCUT2D eigenvalue weighted by atomic mass is 9.93. The van der Waals surface area contributed by atoms with E-state index < -0.39 is 17.8 Å². The molecule has 1 heterocycles. The fourth-order valence-electron chi connectivity index (χ4n) is 3.15. The van der Waals surface area contributed by atoms with Crippen LogP contribution in [-0.4, -0.2) is 23.2 Å². The molecule has 0 spiro atoms. The highest BCUT2D eigenvalue weighted by atomic mass is 19.4. The molecule has 0 unspecified atom stereocenters. The summed E-state index contributed by atoms with van der Waals surface area (Å²) in [4.78, 5) is 16.3. The maximum absolute atomic E-state index is 12.7. The van der Waals surface area contributed by atoms with Gasteiger partial charge >= 0.3 is 12.2 Å². The number of alkyl halides is 3. The van der Waals surface area contributed by atoms with E-state index in [4.69, 9.17) is 4.74 Å². The maximum atomic E-state index is 12.7. The van der Waals surface area contributed by atoms with Crippen molar-refractivity contribution in [2.75, 3.05) is 5.32 Å². The molecule has 1 aromatic carbocycles. The second-order valence-electron chi connectivity index (χ2n) is 6.94. The van der Waals surface area contributed by atoms with Crippen LogP contribution in [0, 0.1) is 6.92 Å². The number of carbonyl (C=O) groups excluding carboxylic acids is 1. The Labute approximate surface area is 161 Å². The maximum Gasteiger partial charge on any atom is 0.416 e. The number of nitrogens with one attached hydrogen (secondary N) is 2. The number of anilines is 1. The van der Waals surface area contributed by atoms with Crippen molar-refractivity contribution >= 4 is 11.7 Å². The number of nitrogens with zero attached hydrogens (tertiary/aromatic N) is 1. The van der Waals surface area contributed by atoms with Gasteiger partial charge in [0.05, 0.1) is 5.56 Å². The number of carbonyl (C=O) groups is 1. The molecule has 0 bridgehead atoms. The summed E-state index contributed by atoms with van der Waals surface area (Å²) < 4.78 is 44.1. The van der Waals surface area contributed by atoms with Gasteiger partial charge in [-0.2, -0.15) is 13.2 Å². The van der Waals surface area contributed by atoms with Crippen molar-refractivity contribution in [1.29, 1.82) is 0 Å². The summed E-state index contributed by atoms with van der Waals surface area (Å²) in [6, 6.07) is 7.79. The molecule has 0 saturated heterocycles. The molecule has 5 nitrogen and oxygen atoms in total. The van der Waals surface area contributed by atoms with Crippen LogP contribution in [0.2, 0.25) is 0 Å². The summed E-state index contributed by atoms with van der Waals surface area (Å²) in [5, 5.41) is 5.28. The van der Waals surface area contributed by atoms with Gasteiger partial charge in [-0.1, -0.05) is 12.1 Å². The Bertz CT molecular complexity index is 801. The molecule has 1 aliphatic carbocycles. The number of amides is 2. The topological polar surface area (TPSA) is 63.2 Å². The standard InChI is InChI=1S/C20H22F3N3O2/c1-13-5-10-18(24-12-13)28-17-8-6-15(7-9-17)25-19(27)26-16-4-2-3-14(11-16)20(21,22)23/h2-5,10-12,15,17H,6-9H2,1H3,(H2,25,26,27). The quantitative estimate of drug-likeness (QED) is 0.775. The molecule has 28 heavy (non-hydrogen) atoms. The normalized spacial score (nSPS) is 19.7. The zero-order valence-corrected chi connectivity index (χ0v) is 15.4. The van der Waals surface area contributed by atoms with Gasteiger partial charge < -0.3 is 15.4 Å². The van der Waals surface area contributed by atoms with Crippen LogP contribution in [0.1, 0.15) is 36.8 Å². The van der Waals surface area contributed by atoms with E-state index in [0.29, 0.717) is 5.88 Å². The van der Waals surface area contributed by atoms with Crippen molar-refractivity contribution in [2.45, 2.75) is 50.9 Å². The van der Waals surface area contributed by atoms with Gasteiger partial charge in [0.1, 0.15) is 6.10 Å². The van der Waals surface area contributed by atoms with E-state index >= 15 is 0 Å². The van der Waals surface area contributed by atoms with Crippen molar-refractivity contribution in [2.24, 2.45) is 0 Å². The largest absolute Gasteiger partial charge is 0.474 e. The van der Waals surface area contributed by atoms with Crippen LogP contribution in [-0.2, 0) is 6.18 Å². The highest BCUT2D eigenvalue weighted by Gasteiger charge is 2.30. The second kappa shape index (κ2) is 8.50. The third kappa shape index (κ3) is 5.61. The first kappa shape index (κ1) is 20.0. The lowest BCUT2D eigenvalue weighted by molar-refractivity contribution is -0.137. The van der Waals surface area contributed by atoms with Crippen LogP contribution in [0.3, 0.4) is 0 Å². The summed E-state index contributed by atoms with van der Waals surface area (Å²) in [6.07, 6.45) is 0.340. The predicted octanol–water partition coefficient (Wildman–Crippen LogP) is 4.92. The van der Waals surface area contributed by atoms with Crippen LogP contribution in [0.25, 0.3) is 0 Å². The Morgan fingerprint density at radius 1 is 1.14 bits per heavy atom. The molecule has 8 heteroatoms. The molecule has 1 saturated carbocycles. The molecule has 0 aliphatic heterocycles. The summed E-state index contributed by atoms with van der Waals surface area (Å²) in [6.45, 7) is 1.96. The number of ether oxygens (including phenoxy) is 1. The lowest BCUT2D eigenvalue weighted by Gasteiger charge is -2.29. The first-order valence-electron chi connectivity index (χ1n) is 9.14. The van der Waals surface area contributed by atoms with Crippen molar-refractivity contribution < 1.29 is 22.7 Å². The summed E-state index contributed by atoms with van der Waals surface area (Å²) in [7, 11) is 0. The molecule has 2 aromatic rings. The van der Waals surface area contributed by atoms with Crippen molar-refractivity contribution in [3.05, 3.63) is 53.7 Å². The highest BCUT2D eigenvalue weighted by molar-refractivity contribution is 5.89. The van der Waals surface area contributed by atoms with Crippen LogP contribution in [0.15, 0.2) is 42.6 Å². The minimum atomic E-state index is -4.45. The van der Waals surface area contributed by atoms with E-state index in [1.807, 2.05) is 19.1 Å². The number of hydrogen-bond acceptors (Lipinski definition) is 3. The zero-order valence-electron chi connectivity index (χ0n) is 15.4. The predicted molar refractivity (Wildman–Crippen MR) is 99.2 cm³/mol. The molecule has 1 aliphatic rings. The minimum absolute atomic E-state index is 0.0415. The van der Waals surface area contributed by atoms with Crippen LogP contribution >= 0.6 is 0 Å². The fourth-order valence-corrected chi connectivity index (χ4v) is 3.15. The molecular formula is C20H22F3N3O2. The summed E-state index contributed by atoms with van der Waals surface area (Å²) in [5.74, 6) is 0.587. The number of benzene rings is 1. The first-order valence-corrected chi connectivity index (χ1v) is 9.14. The van der Waals surface area contributed by atoms with Crippen molar-refractivity contribution in [1.82, 2.24) is 10.3 Å². The van der Waals surface area contributed by atoms with Crippen LogP contribution < -0.4 is 15.4 Å². The zero-order chi connectivity index (χ0) is 20.1. The van der Waals surface area contributed by atoms with E-state index in [2.05, 4.69) is 15.6 Å². The second-order valence-corrected chi connectivity index (χ2v) is 6.94. The molecule has 0 radical (unpaired) electrons. The van der Waals surface area contributed by atoms with Gasteiger partial charge in [0, 0.05) is 24.0 Å². The van der Waals surface area contributed by atoms with Gasteiger partial charge in [0.25, 0.3) is 0 Å². The lowest BCUT2D eigenvalue weighted by Crippen LogP contribution is -2.41. The number of halogens is 3. The molecule has 0 atom stereocenters. The number of urea groups is 1. The minimum Gasteiger partial charge on any atom is -0.474 e. The Hall–Kier alpha value is -2.77. The van der Waals surface area contributed by atoms with Crippen LogP contribution in [0.5, 0.6) is 5.88 Å². The average Bonchev–Trinajstić information content (AvgIpc) is 2.65. The van der Waals surface area contributed by atoms with E-state index in [0.717, 1.165) is 43.4 Å². The third-order valence-corrected chi connectivity index (χ3v) is 4.63. The van der Waals surface area contributed by atoms with Gasteiger partial charge in [-0.05, 0) is 56.4 Å². The highest BCUT2D eigenvalue weighted by Crippen LogP contribution is 2.30. The molecule has 3 rings (SSSR count). The number of hydrogen-bond donors (Lipinski definition) is 2. The van der Waals surface area contributed by atoms with Crippen molar-refractivity contribution in [3.8, 4) is 5.88 Å². The molecular weight excluding hydrogens is 371 g/mol. The number of aryl methyl sites for hydroxylation is 1. The first-order chi connectivity index (χ1) is 13.3. The van der Waals surface area contributed by atoms with Gasteiger partial charge in [-0.15, -0.1) is 0 Å². The van der Waals surface area contributed by atoms with E-state index in [1.54, 1.807) is 6.20 Å². The fraction of sp³-hybridized carbons (Fsp3) is 0.400. The number of pyridine rings is 1. The Morgan fingerprint density at radius 2 is 1.89 bits per heavy atom.